The molecule has 108 valence electrons. The van der Waals surface area contributed by atoms with Crippen molar-refractivity contribution in [1.82, 2.24) is 4.90 Å². The van der Waals surface area contributed by atoms with Crippen LogP contribution in [-0.4, -0.2) is 28.9 Å². The lowest BCUT2D eigenvalue weighted by Crippen LogP contribution is -2.65. The molecule has 5 rings (SSSR count). The van der Waals surface area contributed by atoms with Gasteiger partial charge in [0, 0.05) is 12.6 Å². The molecule has 3 heteroatoms. The van der Waals surface area contributed by atoms with E-state index in [1.54, 1.807) is 7.11 Å². The van der Waals surface area contributed by atoms with Crippen LogP contribution in [0.15, 0.2) is 24.3 Å². The Balaban J connectivity index is 1.55. The van der Waals surface area contributed by atoms with Gasteiger partial charge in [-0.3, -0.25) is 4.90 Å². The van der Waals surface area contributed by atoms with Gasteiger partial charge in [0.2, 0.25) is 0 Å². The number of hydrogen-bond acceptors (Lipinski definition) is 3. The molecule has 1 aromatic rings. The minimum atomic E-state index is -0.533. The van der Waals surface area contributed by atoms with Crippen LogP contribution >= 0.6 is 0 Å². The van der Waals surface area contributed by atoms with Crippen LogP contribution in [-0.2, 0) is 6.54 Å². The van der Waals surface area contributed by atoms with Gasteiger partial charge in [-0.25, -0.2) is 0 Å². The second kappa shape index (κ2) is 4.47. The van der Waals surface area contributed by atoms with Crippen molar-refractivity contribution in [1.29, 1.82) is 0 Å². The first-order chi connectivity index (χ1) is 9.66. The highest BCUT2D eigenvalue weighted by Crippen LogP contribution is 2.53. The van der Waals surface area contributed by atoms with Crippen LogP contribution in [0.2, 0.25) is 0 Å². The Morgan fingerprint density at radius 3 is 2.35 bits per heavy atom. The second-order valence-corrected chi connectivity index (χ2v) is 6.96. The summed E-state index contributed by atoms with van der Waals surface area (Å²) < 4.78 is 5.21. The van der Waals surface area contributed by atoms with Crippen molar-refractivity contribution < 1.29 is 9.84 Å². The molecule has 2 aliphatic heterocycles. The van der Waals surface area contributed by atoms with Crippen molar-refractivity contribution in [3.8, 4) is 5.75 Å². The fourth-order valence-electron chi connectivity index (χ4n) is 4.90. The molecule has 4 fully saturated rings. The summed E-state index contributed by atoms with van der Waals surface area (Å²) in [5, 5.41) is 11.0. The molecule has 2 aliphatic carbocycles. The normalized spacial score (nSPS) is 39.2. The van der Waals surface area contributed by atoms with Crippen molar-refractivity contribution in [2.75, 3.05) is 7.11 Å². The zero-order valence-corrected chi connectivity index (χ0v) is 12.1. The number of rotatable bonds is 3. The minimum absolute atomic E-state index is 0.533. The van der Waals surface area contributed by atoms with Gasteiger partial charge in [0.05, 0.1) is 7.11 Å². The van der Waals surface area contributed by atoms with Crippen molar-refractivity contribution in [3.05, 3.63) is 29.8 Å². The Bertz CT molecular complexity index is 484. The maximum atomic E-state index is 11.0. The molecule has 2 atom stereocenters. The first kappa shape index (κ1) is 12.7. The van der Waals surface area contributed by atoms with Gasteiger partial charge in [0.15, 0.2) is 0 Å². The van der Waals surface area contributed by atoms with E-state index in [9.17, 15) is 5.11 Å². The molecule has 4 bridgehead atoms. The molecule has 2 unspecified atom stereocenters. The van der Waals surface area contributed by atoms with Crippen molar-refractivity contribution in [2.24, 2.45) is 11.8 Å². The Morgan fingerprint density at radius 1 is 1.15 bits per heavy atom. The first-order valence-corrected chi connectivity index (χ1v) is 7.78. The number of methoxy groups -OCH3 is 1. The van der Waals surface area contributed by atoms with Crippen molar-refractivity contribution in [3.63, 3.8) is 0 Å². The number of piperidine rings is 2. The molecule has 20 heavy (non-hydrogen) atoms. The van der Waals surface area contributed by atoms with Crippen LogP contribution in [0.5, 0.6) is 5.75 Å². The summed E-state index contributed by atoms with van der Waals surface area (Å²) in [6, 6.07) is 8.85. The van der Waals surface area contributed by atoms with E-state index in [1.165, 1.54) is 24.8 Å². The number of ether oxygens (including phenoxy) is 1. The molecule has 0 radical (unpaired) electrons. The van der Waals surface area contributed by atoms with Crippen LogP contribution in [0.4, 0.5) is 0 Å². The average molecular weight is 273 g/mol. The molecular formula is C17H23NO2. The molecule has 0 amide bonds. The molecule has 2 saturated carbocycles. The second-order valence-electron chi connectivity index (χ2n) is 6.96. The van der Waals surface area contributed by atoms with Crippen molar-refractivity contribution in [2.45, 2.75) is 50.4 Å². The summed E-state index contributed by atoms with van der Waals surface area (Å²) in [5.74, 6) is 2.43. The standard InChI is InChI=1S/C17H23NO2/c1-20-16-4-2-12(3-5-16)11-18-15-7-13-6-14(8-15)10-17(18,19)9-13/h2-5,13-15,19H,6-11H2,1H3. The summed E-state index contributed by atoms with van der Waals surface area (Å²) >= 11 is 0. The van der Waals surface area contributed by atoms with E-state index in [0.717, 1.165) is 37.0 Å². The molecule has 4 aliphatic rings. The summed E-state index contributed by atoms with van der Waals surface area (Å²) in [5.41, 5.74) is 0.737. The van der Waals surface area contributed by atoms with E-state index >= 15 is 0 Å². The molecule has 0 aromatic heterocycles. The smallest absolute Gasteiger partial charge is 0.119 e. The van der Waals surface area contributed by atoms with Crippen LogP contribution in [0.1, 0.15) is 37.7 Å². The van der Waals surface area contributed by atoms with E-state index in [1.807, 2.05) is 12.1 Å². The van der Waals surface area contributed by atoms with E-state index in [2.05, 4.69) is 17.0 Å². The Morgan fingerprint density at radius 2 is 1.80 bits per heavy atom. The van der Waals surface area contributed by atoms with Gasteiger partial charge < -0.3 is 9.84 Å². The summed E-state index contributed by atoms with van der Waals surface area (Å²) in [6.45, 7) is 0.866. The number of benzene rings is 1. The molecule has 3 nitrogen and oxygen atoms in total. The quantitative estimate of drug-likeness (QED) is 0.919. The predicted octanol–water partition coefficient (Wildman–Crippen LogP) is 2.78. The van der Waals surface area contributed by atoms with Crippen LogP contribution < -0.4 is 4.74 Å². The highest BCUT2D eigenvalue weighted by atomic mass is 16.5. The third kappa shape index (κ3) is 1.95. The third-order valence-corrected chi connectivity index (χ3v) is 5.60. The fourth-order valence-corrected chi connectivity index (χ4v) is 4.90. The fraction of sp³-hybridized carbons (Fsp3) is 0.647. The number of aliphatic hydroxyl groups is 1. The zero-order chi connectivity index (χ0) is 13.7. The van der Waals surface area contributed by atoms with Gasteiger partial charge in [0.1, 0.15) is 11.5 Å². The monoisotopic (exact) mass is 273 g/mol. The molecule has 2 heterocycles. The maximum absolute atomic E-state index is 11.0. The summed E-state index contributed by atoms with van der Waals surface area (Å²) in [6.07, 6.45) is 5.89. The Hall–Kier alpha value is -1.06. The van der Waals surface area contributed by atoms with Gasteiger partial charge in [0.25, 0.3) is 0 Å². The topological polar surface area (TPSA) is 32.7 Å². The van der Waals surface area contributed by atoms with Gasteiger partial charge in [-0.15, -0.1) is 0 Å². The van der Waals surface area contributed by atoms with Gasteiger partial charge >= 0.3 is 0 Å². The minimum Gasteiger partial charge on any atom is -0.497 e. The van der Waals surface area contributed by atoms with Gasteiger partial charge in [-0.05, 0) is 61.6 Å². The van der Waals surface area contributed by atoms with Crippen molar-refractivity contribution >= 4 is 0 Å². The molecular weight excluding hydrogens is 250 g/mol. The van der Waals surface area contributed by atoms with Gasteiger partial charge in [-0.2, -0.15) is 0 Å². The number of nitrogens with zero attached hydrogens (tertiary/aromatic N) is 1. The van der Waals surface area contributed by atoms with Gasteiger partial charge in [-0.1, -0.05) is 12.1 Å². The summed E-state index contributed by atoms with van der Waals surface area (Å²) in [4.78, 5) is 2.38. The van der Waals surface area contributed by atoms with E-state index in [0.29, 0.717) is 6.04 Å². The van der Waals surface area contributed by atoms with E-state index in [4.69, 9.17) is 4.74 Å². The SMILES string of the molecule is COc1ccc(CN2C3CC4CC(C3)CC2(O)C4)cc1. The summed E-state index contributed by atoms with van der Waals surface area (Å²) in [7, 11) is 1.69. The highest BCUT2D eigenvalue weighted by Gasteiger charge is 2.54. The van der Waals surface area contributed by atoms with Crippen LogP contribution in [0.25, 0.3) is 0 Å². The highest BCUT2D eigenvalue weighted by molar-refractivity contribution is 5.27. The molecule has 1 aromatic carbocycles. The third-order valence-electron chi connectivity index (χ3n) is 5.60. The average Bonchev–Trinajstić information content (AvgIpc) is 2.42. The zero-order valence-electron chi connectivity index (χ0n) is 12.1. The Labute approximate surface area is 120 Å². The molecule has 0 spiro atoms. The number of hydrogen-bond donors (Lipinski definition) is 1. The van der Waals surface area contributed by atoms with E-state index in [-0.39, 0.29) is 0 Å². The maximum Gasteiger partial charge on any atom is 0.119 e. The largest absolute Gasteiger partial charge is 0.497 e. The van der Waals surface area contributed by atoms with Crippen LogP contribution in [0, 0.1) is 11.8 Å². The molecule has 2 saturated heterocycles. The lowest BCUT2D eigenvalue weighted by atomic mass is 9.62. The lowest BCUT2D eigenvalue weighted by molar-refractivity contribution is -0.236. The van der Waals surface area contributed by atoms with Crippen LogP contribution in [0.3, 0.4) is 0 Å². The predicted molar refractivity (Wildman–Crippen MR) is 77.3 cm³/mol. The van der Waals surface area contributed by atoms with E-state index < -0.39 is 5.72 Å². The lowest BCUT2D eigenvalue weighted by Gasteiger charge is -2.61. The first-order valence-electron chi connectivity index (χ1n) is 7.78. The Kier molecular flexibility index (Phi) is 2.83. The molecule has 1 N–H and O–H groups in total.